The summed E-state index contributed by atoms with van der Waals surface area (Å²) in [4.78, 5) is 8.36. The molecule has 3 aromatic rings. The third kappa shape index (κ3) is 1.72. The molecule has 0 atom stereocenters. The summed E-state index contributed by atoms with van der Waals surface area (Å²) in [6.07, 6.45) is 1.44. The van der Waals surface area contributed by atoms with Gasteiger partial charge in [-0.15, -0.1) is 0 Å². The minimum atomic E-state index is -0.337. The Kier molecular flexibility index (Phi) is 2.63. The number of nitrogens with zero attached hydrogens (tertiary/aromatic N) is 4. The number of fused-ring (bicyclic) bond motifs is 1. The molecule has 2 aromatic heterocycles. The van der Waals surface area contributed by atoms with Crippen molar-refractivity contribution in [3.63, 3.8) is 0 Å². The quantitative estimate of drug-likeness (QED) is 0.765. The van der Waals surface area contributed by atoms with Crippen molar-refractivity contribution in [1.82, 2.24) is 19.7 Å². The Morgan fingerprint density at radius 1 is 1.21 bits per heavy atom. The van der Waals surface area contributed by atoms with Gasteiger partial charge in [0.1, 0.15) is 23.6 Å². The third-order valence-corrected chi connectivity index (χ3v) is 2.96. The Balaban J connectivity index is 2.35. The highest BCUT2D eigenvalue weighted by molar-refractivity contribution is 5.89. The number of para-hydroxylation sites is 1. The number of anilines is 1. The number of aryl methyl sites for hydroxylation is 1. The van der Waals surface area contributed by atoms with Gasteiger partial charge in [-0.05, 0) is 19.1 Å². The lowest BCUT2D eigenvalue weighted by molar-refractivity contribution is 0.612. The molecule has 0 aliphatic rings. The Hall–Kier alpha value is -2.50. The fraction of sp³-hybridized carbons (Fsp3) is 0.154. The largest absolute Gasteiger partial charge is 0.372 e. The van der Waals surface area contributed by atoms with E-state index in [4.69, 9.17) is 0 Å². The van der Waals surface area contributed by atoms with Crippen LogP contribution in [0.15, 0.2) is 30.6 Å². The van der Waals surface area contributed by atoms with E-state index < -0.39 is 0 Å². The van der Waals surface area contributed by atoms with Gasteiger partial charge in [-0.3, -0.25) is 0 Å². The van der Waals surface area contributed by atoms with Crippen molar-refractivity contribution in [2.45, 2.75) is 6.92 Å². The van der Waals surface area contributed by atoms with Crippen LogP contribution in [-0.4, -0.2) is 26.8 Å². The van der Waals surface area contributed by atoms with Gasteiger partial charge in [-0.2, -0.15) is 5.10 Å². The van der Waals surface area contributed by atoms with E-state index in [-0.39, 0.29) is 5.82 Å². The molecular formula is C13H12FN5. The summed E-state index contributed by atoms with van der Waals surface area (Å²) >= 11 is 0. The highest BCUT2D eigenvalue weighted by atomic mass is 19.1. The first-order valence-electron chi connectivity index (χ1n) is 5.85. The normalized spacial score (nSPS) is 10.9. The number of hydrogen-bond donors (Lipinski definition) is 1. The molecule has 0 fully saturated rings. The first-order chi connectivity index (χ1) is 9.22. The molecule has 0 bridgehead atoms. The molecule has 1 N–H and O–H groups in total. The summed E-state index contributed by atoms with van der Waals surface area (Å²) in [6.45, 7) is 1.85. The van der Waals surface area contributed by atoms with Crippen molar-refractivity contribution in [3.05, 3.63) is 42.1 Å². The molecule has 3 rings (SSSR count). The van der Waals surface area contributed by atoms with Gasteiger partial charge in [0, 0.05) is 7.05 Å². The molecule has 5 nitrogen and oxygen atoms in total. The fourth-order valence-electron chi connectivity index (χ4n) is 2.10. The molecule has 6 heteroatoms. The molecule has 0 amide bonds. The average molecular weight is 257 g/mol. The van der Waals surface area contributed by atoms with Crippen molar-refractivity contribution in [2.75, 3.05) is 12.4 Å². The molecule has 0 aliphatic heterocycles. The SMILES string of the molecule is CNc1ncnc2c1c(C)nn2-c1ccccc1F. The zero-order chi connectivity index (χ0) is 13.4. The number of rotatable bonds is 2. The molecule has 0 radical (unpaired) electrons. The Morgan fingerprint density at radius 3 is 2.74 bits per heavy atom. The Bertz CT molecular complexity index is 750. The van der Waals surface area contributed by atoms with E-state index in [2.05, 4.69) is 20.4 Å². The van der Waals surface area contributed by atoms with E-state index in [1.165, 1.54) is 17.1 Å². The highest BCUT2D eigenvalue weighted by Gasteiger charge is 2.16. The van der Waals surface area contributed by atoms with E-state index in [0.717, 1.165) is 11.1 Å². The van der Waals surface area contributed by atoms with Crippen LogP contribution in [0, 0.1) is 12.7 Å². The van der Waals surface area contributed by atoms with Crippen LogP contribution in [0.1, 0.15) is 5.69 Å². The van der Waals surface area contributed by atoms with Gasteiger partial charge in [0.25, 0.3) is 0 Å². The number of nitrogens with one attached hydrogen (secondary N) is 1. The zero-order valence-corrected chi connectivity index (χ0v) is 10.6. The average Bonchev–Trinajstić information content (AvgIpc) is 2.77. The van der Waals surface area contributed by atoms with E-state index in [1.54, 1.807) is 25.2 Å². The van der Waals surface area contributed by atoms with Crippen LogP contribution in [0.5, 0.6) is 0 Å². The minimum Gasteiger partial charge on any atom is -0.372 e. The number of aromatic nitrogens is 4. The van der Waals surface area contributed by atoms with Crippen LogP contribution < -0.4 is 5.32 Å². The van der Waals surface area contributed by atoms with Crippen molar-refractivity contribution in [3.8, 4) is 5.69 Å². The maximum Gasteiger partial charge on any atom is 0.168 e. The second-order valence-electron chi connectivity index (χ2n) is 4.12. The van der Waals surface area contributed by atoms with Crippen molar-refractivity contribution in [1.29, 1.82) is 0 Å². The molecule has 19 heavy (non-hydrogen) atoms. The Morgan fingerprint density at radius 2 is 2.00 bits per heavy atom. The van der Waals surface area contributed by atoms with Crippen LogP contribution in [0.25, 0.3) is 16.7 Å². The van der Waals surface area contributed by atoms with Crippen molar-refractivity contribution < 1.29 is 4.39 Å². The molecule has 0 saturated heterocycles. The van der Waals surface area contributed by atoms with Gasteiger partial charge >= 0.3 is 0 Å². The molecule has 0 unspecified atom stereocenters. The predicted molar refractivity (Wildman–Crippen MR) is 70.9 cm³/mol. The van der Waals surface area contributed by atoms with Gasteiger partial charge < -0.3 is 5.32 Å². The first-order valence-corrected chi connectivity index (χ1v) is 5.85. The summed E-state index contributed by atoms with van der Waals surface area (Å²) in [6, 6.07) is 6.48. The number of hydrogen-bond acceptors (Lipinski definition) is 4. The predicted octanol–water partition coefficient (Wildman–Crippen LogP) is 2.30. The maximum atomic E-state index is 13.9. The summed E-state index contributed by atoms with van der Waals surface area (Å²) in [5.74, 6) is 0.349. The van der Waals surface area contributed by atoms with Crippen LogP contribution in [0.2, 0.25) is 0 Å². The molecule has 2 heterocycles. The van der Waals surface area contributed by atoms with Crippen molar-refractivity contribution in [2.24, 2.45) is 0 Å². The van der Waals surface area contributed by atoms with E-state index in [9.17, 15) is 4.39 Å². The third-order valence-electron chi connectivity index (χ3n) is 2.96. The van der Waals surface area contributed by atoms with Crippen molar-refractivity contribution >= 4 is 16.9 Å². The van der Waals surface area contributed by atoms with Crippen LogP contribution >= 0.6 is 0 Å². The van der Waals surface area contributed by atoms with E-state index in [0.29, 0.717) is 17.2 Å². The second kappa shape index (κ2) is 4.31. The van der Waals surface area contributed by atoms with Gasteiger partial charge in [0.15, 0.2) is 5.65 Å². The Labute approximate surface area is 109 Å². The molecular weight excluding hydrogens is 245 g/mol. The van der Waals surface area contributed by atoms with Crippen LogP contribution in [0.3, 0.4) is 0 Å². The molecule has 1 aromatic carbocycles. The minimum absolute atomic E-state index is 0.337. The number of halogens is 1. The monoisotopic (exact) mass is 257 g/mol. The molecule has 0 saturated carbocycles. The summed E-state index contributed by atoms with van der Waals surface area (Å²) in [7, 11) is 1.78. The van der Waals surface area contributed by atoms with Gasteiger partial charge in [0.05, 0.1) is 11.1 Å². The fourth-order valence-corrected chi connectivity index (χ4v) is 2.10. The van der Waals surface area contributed by atoms with E-state index >= 15 is 0 Å². The lowest BCUT2D eigenvalue weighted by atomic mass is 10.3. The number of benzene rings is 1. The van der Waals surface area contributed by atoms with Gasteiger partial charge in [0.2, 0.25) is 0 Å². The molecule has 0 spiro atoms. The maximum absolute atomic E-state index is 13.9. The summed E-state index contributed by atoms with van der Waals surface area (Å²) in [5, 5.41) is 8.15. The van der Waals surface area contributed by atoms with Gasteiger partial charge in [-0.25, -0.2) is 19.0 Å². The lowest BCUT2D eigenvalue weighted by Gasteiger charge is -2.04. The summed E-state index contributed by atoms with van der Waals surface area (Å²) in [5.41, 5.74) is 1.71. The topological polar surface area (TPSA) is 55.6 Å². The standard InChI is InChI=1S/C13H12FN5/c1-8-11-12(15-2)16-7-17-13(11)19(18-8)10-6-4-3-5-9(10)14/h3-7H,1-2H3,(H,15,16,17). The molecule has 0 aliphatic carbocycles. The van der Waals surface area contributed by atoms with E-state index in [1.807, 2.05) is 6.92 Å². The lowest BCUT2D eigenvalue weighted by Crippen LogP contribution is -2.01. The zero-order valence-electron chi connectivity index (χ0n) is 10.6. The second-order valence-corrected chi connectivity index (χ2v) is 4.12. The first kappa shape index (κ1) is 11.6. The molecule has 96 valence electrons. The smallest absolute Gasteiger partial charge is 0.168 e. The summed E-state index contributed by atoms with van der Waals surface area (Å²) < 4.78 is 15.4. The highest BCUT2D eigenvalue weighted by Crippen LogP contribution is 2.25. The van der Waals surface area contributed by atoms with Gasteiger partial charge in [-0.1, -0.05) is 12.1 Å². The van der Waals surface area contributed by atoms with Crippen LogP contribution in [-0.2, 0) is 0 Å². The van der Waals surface area contributed by atoms with Crippen LogP contribution in [0.4, 0.5) is 10.2 Å².